The number of carbonyl (C=O) groups excluding carboxylic acids is 1. The molecule has 0 saturated carbocycles. The Kier molecular flexibility index (Phi) is 6.90. The van der Waals surface area contributed by atoms with Crippen molar-refractivity contribution >= 4 is 21.7 Å². The minimum absolute atomic E-state index is 0.108. The molecular weight excluding hydrogens is 290 g/mol. The largest absolute Gasteiger partial charge is 0.338 e. The second-order valence-corrected chi connectivity index (χ2v) is 6.28. The van der Waals surface area contributed by atoms with Crippen molar-refractivity contribution < 1.29 is 13.2 Å². The van der Waals surface area contributed by atoms with Crippen LogP contribution in [0.2, 0.25) is 0 Å². The summed E-state index contributed by atoms with van der Waals surface area (Å²) in [7, 11) is -3.37. The average molecular weight is 311 g/mol. The van der Waals surface area contributed by atoms with Crippen LogP contribution in [0.15, 0.2) is 36.9 Å². The molecule has 7 heteroatoms. The van der Waals surface area contributed by atoms with E-state index < -0.39 is 10.0 Å². The summed E-state index contributed by atoms with van der Waals surface area (Å²) in [6.45, 7) is 6.24. The zero-order valence-corrected chi connectivity index (χ0v) is 12.9. The van der Waals surface area contributed by atoms with E-state index in [-0.39, 0.29) is 18.3 Å². The second-order valence-electron chi connectivity index (χ2n) is 4.47. The Hall–Kier alpha value is -1.86. The van der Waals surface area contributed by atoms with Gasteiger partial charge in [-0.3, -0.25) is 0 Å². The number of anilines is 1. The number of hydrogen-bond acceptors (Lipinski definition) is 3. The van der Waals surface area contributed by atoms with Crippen molar-refractivity contribution in [2.45, 2.75) is 19.1 Å². The van der Waals surface area contributed by atoms with Crippen LogP contribution in [0.5, 0.6) is 0 Å². The highest BCUT2D eigenvalue weighted by molar-refractivity contribution is 7.88. The molecule has 0 heterocycles. The maximum absolute atomic E-state index is 11.7. The number of benzene rings is 1. The standard InChI is InChI=1S/C14H21N3O3S/c1-3-9-15-14(18)17-13-7-5-12(6-8-13)11-21(19,20)16-10-4-2/h4-8,16H,2-3,9-11H2,1H3,(H2,15,17,18). The third-order valence-electron chi connectivity index (χ3n) is 2.55. The van der Waals surface area contributed by atoms with Gasteiger partial charge in [-0.15, -0.1) is 6.58 Å². The van der Waals surface area contributed by atoms with Gasteiger partial charge < -0.3 is 10.6 Å². The molecule has 1 aromatic carbocycles. The molecule has 2 amide bonds. The number of nitrogens with one attached hydrogen (secondary N) is 3. The lowest BCUT2D eigenvalue weighted by Gasteiger charge is -2.08. The number of sulfonamides is 1. The lowest BCUT2D eigenvalue weighted by molar-refractivity contribution is 0.252. The van der Waals surface area contributed by atoms with E-state index in [4.69, 9.17) is 0 Å². The molecule has 0 aliphatic carbocycles. The Morgan fingerprint density at radius 1 is 1.29 bits per heavy atom. The van der Waals surface area contributed by atoms with Crippen molar-refractivity contribution in [2.24, 2.45) is 0 Å². The maximum atomic E-state index is 11.7. The summed E-state index contributed by atoms with van der Waals surface area (Å²) in [6, 6.07) is 6.41. The molecule has 1 aromatic rings. The van der Waals surface area contributed by atoms with E-state index in [1.54, 1.807) is 24.3 Å². The fourth-order valence-electron chi connectivity index (χ4n) is 1.55. The highest BCUT2D eigenvalue weighted by Gasteiger charge is 2.10. The first-order valence-electron chi connectivity index (χ1n) is 6.69. The Bertz CT molecular complexity index is 568. The van der Waals surface area contributed by atoms with Crippen molar-refractivity contribution in [3.8, 4) is 0 Å². The number of urea groups is 1. The number of amides is 2. The van der Waals surface area contributed by atoms with Crippen LogP contribution in [0.1, 0.15) is 18.9 Å². The monoisotopic (exact) mass is 311 g/mol. The summed E-state index contributed by atoms with van der Waals surface area (Å²) in [5.41, 5.74) is 1.26. The van der Waals surface area contributed by atoms with Gasteiger partial charge in [0.1, 0.15) is 0 Å². The van der Waals surface area contributed by atoms with Crippen LogP contribution < -0.4 is 15.4 Å². The van der Waals surface area contributed by atoms with E-state index in [9.17, 15) is 13.2 Å². The van der Waals surface area contributed by atoms with Crippen LogP contribution in [0.3, 0.4) is 0 Å². The van der Waals surface area contributed by atoms with Gasteiger partial charge in [-0.1, -0.05) is 25.1 Å². The lowest BCUT2D eigenvalue weighted by atomic mass is 10.2. The van der Waals surface area contributed by atoms with E-state index in [1.807, 2.05) is 6.92 Å². The third-order valence-corrected chi connectivity index (χ3v) is 3.87. The van der Waals surface area contributed by atoms with Gasteiger partial charge in [0.25, 0.3) is 0 Å². The van der Waals surface area contributed by atoms with E-state index in [1.165, 1.54) is 6.08 Å². The predicted octanol–water partition coefficient (Wildman–Crippen LogP) is 1.82. The summed E-state index contributed by atoms with van der Waals surface area (Å²) < 4.78 is 25.8. The van der Waals surface area contributed by atoms with Gasteiger partial charge in [0.15, 0.2) is 0 Å². The van der Waals surface area contributed by atoms with Crippen LogP contribution in [0.25, 0.3) is 0 Å². The van der Waals surface area contributed by atoms with Gasteiger partial charge in [0.2, 0.25) is 10.0 Å². The van der Waals surface area contributed by atoms with Crippen LogP contribution >= 0.6 is 0 Å². The molecular formula is C14H21N3O3S. The molecule has 3 N–H and O–H groups in total. The van der Waals surface area contributed by atoms with E-state index >= 15 is 0 Å². The third kappa shape index (κ3) is 6.92. The molecule has 0 fully saturated rings. The minimum Gasteiger partial charge on any atom is -0.338 e. The Morgan fingerprint density at radius 2 is 1.95 bits per heavy atom. The Morgan fingerprint density at radius 3 is 2.52 bits per heavy atom. The zero-order chi connectivity index (χ0) is 15.7. The summed E-state index contributed by atoms with van der Waals surface area (Å²) in [6.07, 6.45) is 2.35. The predicted molar refractivity (Wildman–Crippen MR) is 84.6 cm³/mol. The molecule has 1 rings (SSSR count). The van der Waals surface area contributed by atoms with Crippen molar-refractivity contribution in [3.05, 3.63) is 42.5 Å². The van der Waals surface area contributed by atoms with Gasteiger partial charge in [0, 0.05) is 18.8 Å². The van der Waals surface area contributed by atoms with Crippen molar-refractivity contribution in [3.63, 3.8) is 0 Å². The summed E-state index contributed by atoms with van der Waals surface area (Å²) in [5.74, 6) is -0.108. The SMILES string of the molecule is C=CCNS(=O)(=O)Cc1ccc(NC(=O)NCCC)cc1. The van der Waals surface area contributed by atoms with Gasteiger partial charge in [0.05, 0.1) is 5.75 Å². The molecule has 0 aliphatic rings. The number of hydrogen-bond donors (Lipinski definition) is 3. The van der Waals surface area contributed by atoms with E-state index in [0.717, 1.165) is 6.42 Å². The lowest BCUT2D eigenvalue weighted by Crippen LogP contribution is -2.29. The number of carbonyl (C=O) groups is 1. The Balaban J connectivity index is 2.58. The van der Waals surface area contributed by atoms with Gasteiger partial charge in [-0.25, -0.2) is 17.9 Å². The van der Waals surface area contributed by atoms with Gasteiger partial charge in [-0.2, -0.15) is 0 Å². The highest BCUT2D eigenvalue weighted by atomic mass is 32.2. The molecule has 0 aliphatic heterocycles. The van der Waals surface area contributed by atoms with Crippen LogP contribution in [-0.4, -0.2) is 27.5 Å². The molecule has 0 spiro atoms. The van der Waals surface area contributed by atoms with Crippen molar-refractivity contribution in [1.82, 2.24) is 10.0 Å². The molecule has 21 heavy (non-hydrogen) atoms. The molecule has 0 atom stereocenters. The van der Waals surface area contributed by atoms with Crippen molar-refractivity contribution in [1.29, 1.82) is 0 Å². The second kappa shape index (κ2) is 8.43. The number of rotatable bonds is 8. The summed E-state index contributed by atoms with van der Waals surface area (Å²) in [5, 5.41) is 5.36. The molecule has 0 saturated heterocycles. The smallest absolute Gasteiger partial charge is 0.319 e. The molecule has 0 aromatic heterocycles. The van der Waals surface area contributed by atoms with E-state index in [2.05, 4.69) is 21.9 Å². The van der Waals surface area contributed by atoms with Crippen molar-refractivity contribution in [2.75, 3.05) is 18.4 Å². The highest BCUT2D eigenvalue weighted by Crippen LogP contribution is 2.11. The first-order valence-corrected chi connectivity index (χ1v) is 8.34. The topological polar surface area (TPSA) is 87.3 Å². The van der Waals surface area contributed by atoms with Gasteiger partial charge >= 0.3 is 6.03 Å². The summed E-state index contributed by atoms with van der Waals surface area (Å²) in [4.78, 5) is 11.5. The molecule has 0 unspecified atom stereocenters. The molecule has 6 nitrogen and oxygen atoms in total. The van der Waals surface area contributed by atoms with Gasteiger partial charge in [-0.05, 0) is 24.1 Å². The van der Waals surface area contributed by atoms with E-state index in [0.29, 0.717) is 17.8 Å². The molecule has 0 radical (unpaired) electrons. The normalized spacial score (nSPS) is 10.9. The maximum Gasteiger partial charge on any atom is 0.319 e. The van der Waals surface area contributed by atoms with Crippen LogP contribution in [0.4, 0.5) is 10.5 Å². The van der Waals surface area contributed by atoms with Crippen LogP contribution in [0, 0.1) is 0 Å². The summed E-state index contributed by atoms with van der Waals surface area (Å²) >= 11 is 0. The van der Waals surface area contributed by atoms with Crippen LogP contribution in [-0.2, 0) is 15.8 Å². The fraction of sp³-hybridized carbons (Fsp3) is 0.357. The fourth-order valence-corrected chi connectivity index (χ4v) is 2.66. The first-order chi connectivity index (χ1) is 9.96. The Labute approximate surface area is 125 Å². The zero-order valence-electron chi connectivity index (χ0n) is 12.1. The average Bonchev–Trinajstić information content (AvgIpc) is 2.45. The quantitative estimate of drug-likeness (QED) is 0.640. The first kappa shape index (κ1) is 17.2. The molecule has 0 bridgehead atoms. The molecule has 116 valence electrons. The minimum atomic E-state index is -3.37.